The fraction of sp³-hybridized carbons (Fsp3) is 0.276. The minimum Gasteiger partial charge on any atom is -0.462 e. The van der Waals surface area contributed by atoms with E-state index in [0.29, 0.717) is 39.2 Å². The Hall–Kier alpha value is -3.69. The van der Waals surface area contributed by atoms with Gasteiger partial charge in [-0.05, 0) is 85.6 Å². The first-order valence-electron chi connectivity index (χ1n) is 12.6. The Bertz CT molecular complexity index is 1490. The number of aryl methyl sites for hydroxylation is 1. The molecule has 2 amide bonds. The van der Waals surface area contributed by atoms with Crippen LogP contribution < -0.4 is 9.47 Å². The second-order valence-electron chi connectivity index (χ2n) is 9.26. The maximum Gasteiger partial charge on any atom is 0.338 e. The average Bonchev–Trinajstić information content (AvgIpc) is 3.56. The zero-order chi connectivity index (χ0) is 27.7. The SMILES string of the molecule is CCCCOC(=O)c1ccc(-n2c(C)cc(/C=C3\SC(=O)N(Cc4cc5c(cc4Cl)OCO5)C3=O)c2C)cc1. The number of benzene rings is 2. The number of carbonyl (C=O) groups is 3. The summed E-state index contributed by atoms with van der Waals surface area (Å²) in [6, 6.07) is 12.5. The fourth-order valence-corrected chi connectivity index (χ4v) is 5.54. The molecular formula is C29H27ClN2O6S. The first-order valence-corrected chi connectivity index (χ1v) is 13.8. The van der Waals surface area contributed by atoms with E-state index in [1.807, 2.05) is 43.5 Å². The molecule has 3 aromatic rings. The van der Waals surface area contributed by atoms with Crippen molar-refractivity contribution in [2.75, 3.05) is 13.4 Å². The molecule has 2 aliphatic rings. The summed E-state index contributed by atoms with van der Waals surface area (Å²) in [6.07, 6.45) is 3.53. The molecule has 39 heavy (non-hydrogen) atoms. The van der Waals surface area contributed by atoms with Gasteiger partial charge in [0.25, 0.3) is 11.1 Å². The number of fused-ring (bicyclic) bond motifs is 1. The van der Waals surface area contributed by atoms with Gasteiger partial charge >= 0.3 is 5.97 Å². The van der Waals surface area contributed by atoms with Crippen LogP contribution in [0, 0.1) is 13.8 Å². The number of unbranched alkanes of at least 4 members (excludes halogenated alkanes) is 1. The molecule has 0 unspecified atom stereocenters. The van der Waals surface area contributed by atoms with Crippen LogP contribution >= 0.6 is 23.4 Å². The second kappa shape index (κ2) is 11.2. The van der Waals surface area contributed by atoms with Gasteiger partial charge in [0.15, 0.2) is 11.5 Å². The predicted octanol–water partition coefficient (Wildman–Crippen LogP) is 6.67. The normalized spacial score (nSPS) is 15.5. The van der Waals surface area contributed by atoms with Gasteiger partial charge in [-0.1, -0.05) is 24.9 Å². The molecule has 0 radical (unpaired) electrons. The lowest BCUT2D eigenvalue weighted by Crippen LogP contribution is -2.27. The topological polar surface area (TPSA) is 87.1 Å². The molecule has 0 bridgehead atoms. The minimum atomic E-state index is -0.380. The largest absolute Gasteiger partial charge is 0.462 e. The molecule has 0 atom stereocenters. The van der Waals surface area contributed by atoms with Crippen LogP contribution in [-0.2, 0) is 16.1 Å². The van der Waals surface area contributed by atoms with E-state index in [0.717, 1.165) is 47.2 Å². The molecular weight excluding hydrogens is 540 g/mol. The Morgan fingerprint density at radius 1 is 1.10 bits per heavy atom. The van der Waals surface area contributed by atoms with Crippen molar-refractivity contribution in [2.24, 2.45) is 0 Å². The molecule has 202 valence electrons. The van der Waals surface area contributed by atoms with Gasteiger partial charge in [-0.3, -0.25) is 14.5 Å². The first kappa shape index (κ1) is 26.9. The monoisotopic (exact) mass is 566 g/mol. The first-order chi connectivity index (χ1) is 18.8. The molecule has 0 N–H and O–H groups in total. The number of ether oxygens (including phenoxy) is 3. The van der Waals surface area contributed by atoms with Crippen molar-refractivity contribution < 1.29 is 28.6 Å². The highest BCUT2D eigenvalue weighted by atomic mass is 35.5. The van der Waals surface area contributed by atoms with Gasteiger partial charge in [0, 0.05) is 28.2 Å². The standard InChI is InChI=1S/C29H27ClN2O6S/c1-4-5-10-36-28(34)19-6-8-22(9-7-19)32-17(2)11-20(18(32)3)13-26-27(33)31(29(35)39-26)15-21-12-24-25(14-23(21)30)38-16-37-24/h6-9,11-14H,4-5,10,15-16H2,1-3H3/b26-13-. The van der Waals surface area contributed by atoms with Crippen LogP contribution in [0.1, 0.15) is 52.6 Å². The number of aromatic nitrogens is 1. The van der Waals surface area contributed by atoms with Gasteiger partial charge < -0.3 is 18.8 Å². The minimum absolute atomic E-state index is 0.0315. The van der Waals surface area contributed by atoms with Crippen LogP contribution in [0.15, 0.2) is 47.4 Å². The van der Waals surface area contributed by atoms with Crippen LogP contribution in [0.5, 0.6) is 11.5 Å². The van der Waals surface area contributed by atoms with E-state index in [2.05, 4.69) is 0 Å². The molecule has 10 heteroatoms. The molecule has 0 spiro atoms. The van der Waals surface area contributed by atoms with Gasteiger partial charge in [0.2, 0.25) is 6.79 Å². The van der Waals surface area contributed by atoms with Crippen molar-refractivity contribution >= 4 is 46.6 Å². The molecule has 1 aromatic heterocycles. The van der Waals surface area contributed by atoms with E-state index in [-0.39, 0.29) is 30.5 Å². The number of rotatable bonds is 8. The molecule has 5 rings (SSSR count). The predicted molar refractivity (Wildman–Crippen MR) is 150 cm³/mol. The van der Waals surface area contributed by atoms with Crippen LogP contribution in [0.25, 0.3) is 11.8 Å². The number of imide groups is 1. The Morgan fingerprint density at radius 2 is 1.82 bits per heavy atom. The highest BCUT2D eigenvalue weighted by Gasteiger charge is 2.36. The average molecular weight is 567 g/mol. The van der Waals surface area contributed by atoms with E-state index < -0.39 is 0 Å². The third-order valence-corrected chi connectivity index (χ3v) is 7.85. The fourth-order valence-electron chi connectivity index (χ4n) is 4.50. The van der Waals surface area contributed by atoms with Crippen molar-refractivity contribution in [1.29, 1.82) is 0 Å². The van der Waals surface area contributed by atoms with E-state index in [9.17, 15) is 14.4 Å². The number of nitrogens with zero attached hydrogens (tertiary/aromatic N) is 2. The van der Waals surface area contributed by atoms with Crippen molar-refractivity contribution in [2.45, 2.75) is 40.2 Å². The summed E-state index contributed by atoms with van der Waals surface area (Å²) in [4.78, 5) is 39.7. The van der Waals surface area contributed by atoms with Crippen molar-refractivity contribution in [3.05, 3.63) is 80.5 Å². The van der Waals surface area contributed by atoms with Gasteiger partial charge in [0.05, 0.1) is 23.6 Å². The molecule has 0 saturated carbocycles. The number of thioether (sulfide) groups is 1. The molecule has 8 nitrogen and oxygen atoms in total. The molecule has 1 saturated heterocycles. The molecule has 3 heterocycles. The van der Waals surface area contributed by atoms with Gasteiger partial charge in [-0.15, -0.1) is 0 Å². The molecule has 2 aromatic carbocycles. The maximum atomic E-state index is 13.2. The Kier molecular flexibility index (Phi) is 7.72. The van der Waals surface area contributed by atoms with E-state index >= 15 is 0 Å². The lowest BCUT2D eigenvalue weighted by molar-refractivity contribution is -0.123. The number of amides is 2. The summed E-state index contributed by atoms with van der Waals surface area (Å²) in [5.74, 6) is 0.351. The number of carbonyl (C=O) groups excluding carboxylic acids is 3. The highest BCUT2D eigenvalue weighted by molar-refractivity contribution is 8.18. The van der Waals surface area contributed by atoms with Crippen LogP contribution in [0.4, 0.5) is 4.79 Å². The summed E-state index contributed by atoms with van der Waals surface area (Å²) in [7, 11) is 0. The van der Waals surface area contributed by atoms with Crippen LogP contribution in [0.2, 0.25) is 5.02 Å². The quantitative estimate of drug-likeness (QED) is 0.171. The van der Waals surface area contributed by atoms with E-state index in [1.165, 1.54) is 4.90 Å². The summed E-state index contributed by atoms with van der Waals surface area (Å²) in [5.41, 5.74) is 4.64. The van der Waals surface area contributed by atoms with Crippen LogP contribution in [0.3, 0.4) is 0 Å². The van der Waals surface area contributed by atoms with Crippen molar-refractivity contribution in [3.63, 3.8) is 0 Å². The third-order valence-electron chi connectivity index (χ3n) is 6.59. The Labute approximate surface area is 235 Å². The Balaban J connectivity index is 1.34. The van der Waals surface area contributed by atoms with Crippen molar-refractivity contribution in [1.82, 2.24) is 9.47 Å². The summed E-state index contributed by atoms with van der Waals surface area (Å²) >= 11 is 7.27. The molecule has 0 aliphatic carbocycles. The number of hydrogen-bond acceptors (Lipinski definition) is 7. The number of halogens is 1. The molecule has 1 fully saturated rings. The summed E-state index contributed by atoms with van der Waals surface area (Å²) in [5, 5.41) is 0.0290. The summed E-state index contributed by atoms with van der Waals surface area (Å²) in [6.45, 7) is 6.50. The van der Waals surface area contributed by atoms with Gasteiger partial charge in [-0.2, -0.15) is 0 Å². The maximum absolute atomic E-state index is 13.2. The zero-order valence-electron chi connectivity index (χ0n) is 21.8. The van der Waals surface area contributed by atoms with Gasteiger partial charge in [-0.25, -0.2) is 4.79 Å². The molecule has 2 aliphatic heterocycles. The van der Waals surface area contributed by atoms with Gasteiger partial charge in [0.1, 0.15) is 0 Å². The van der Waals surface area contributed by atoms with E-state index in [1.54, 1.807) is 30.3 Å². The zero-order valence-corrected chi connectivity index (χ0v) is 23.4. The number of esters is 1. The number of hydrogen-bond donors (Lipinski definition) is 0. The summed E-state index contributed by atoms with van der Waals surface area (Å²) < 4.78 is 18.1. The van der Waals surface area contributed by atoms with E-state index in [4.69, 9.17) is 25.8 Å². The lowest BCUT2D eigenvalue weighted by Gasteiger charge is -2.14. The van der Waals surface area contributed by atoms with Crippen molar-refractivity contribution in [3.8, 4) is 17.2 Å². The second-order valence-corrected chi connectivity index (χ2v) is 10.7. The Morgan fingerprint density at radius 3 is 2.54 bits per heavy atom. The lowest BCUT2D eigenvalue weighted by atomic mass is 10.1. The van der Waals surface area contributed by atoms with Crippen LogP contribution in [-0.4, -0.2) is 40.0 Å². The third kappa shape index (κ3) is 5.42. The smallest absolute Gasteiger partial charge is 0.338 e. The highest BCUT2D eigenvalue weighted by Crippen LogP contribution is 2.39.